The lowest BCUT2D eigenvalue weighted by atomic mass is 9.53. The second-order valence-corrected chi connectivity index (χ2v) is 7.79. The fraction of sp³-hybridized carbons (Fsp3) is 0.579. The van der Waals surface area contributed by atoms with Gasteiger partial charge in [-0.1, -0.05) is 0 Å². The van der Waals surface area contributed by atoms with Crippen LogP contribution in [0.2, 0.25) is 0 Å². The van der Waals surface area contributed by atoms with Crippen LogP contribution in [0.5, 0.6) is 0 Å². The van der Waals surface area contributed by atoms with Crippen LogP contribution in [0.1, 0.15) is 44.1 Å². The summed E-state index contributed by atoms with van der Waals surface area (Å²) in [4.78, 5) is 12.2. The number of rotatable bonds is 4. The van der Waals surface area contributed by atoms with E-state index in [4.69, 9.17) is 5.26 Å². The highest BCUT2D eigenvalue weighted by Gasteiger charge is 2.50. The summed E-state index contributed by atoms with van der Waals surface area (Å²) < 4.78 is 0. The van der Waals surface area contributed by atoms with Gasteiger partial charge >= 0.3 is 0 Å². The smallest absolute Gasteiger partial charge is 0.238 e. The van der Waals surface area contributed by atoms with Crippen molar-refractivity contribution in [2.75, 3.05) is 11.9 Å². The quantitative estimate of drug-likeness (QED) is 0.898. The summed E-state index contributed by atoms with van der Waals surface area (Å²) in [6.07, 6.45) is 8.00. The molecule has 4 saturated carbocycles. The SMILES string of the molecule is N#Cc1ccc(NC(=O)CNC23CC4CC(CC(C4)C2)C3)cc1. The molecule has 4 bridgehead atoms. The number of hydrogen-bond donors (Lipinski definition) is 2. The van der Waals surface area contributed by atoms with Crippen molar-refractivity contribution in [3.63, 3.8) is 0 Å². The minimum Gasteiger partial charge on any atom is -0.325 e. The van der Waals surface area contributed by atoms with Crippen molar-refractivity contribution in [1.82, 2.24) is 5.32 Å². The highest BCUT2D eigenvalue weighted by Crippen LogP contribution is 2.55. The number of benzene rings is 1. The van der Waals surface area contributed by atoms with E-state index in [2.05, 4.69) is 16.7 Å². The molecule has 0 unspecified atom stereocenters. The zero-order chi connectivity index (χ0) is 15.9. The summed E-state index contributed by atoms with van der Waals surface area (Å²) in [5.74, 6) is 2.66. The third-order valence-electron chi connectivity index (χ3n) is 5.96. The largest absolute Gasteiger partial charge is 0.325 e. The van der Waals surface area contributed by atoms with E-state index in [9.17, 15) is 4.79 Å². The van der Waals surface area contributed by atoms with Crippen molar-refractivity contribution in [3.8, 4) is 6.07 Å². The van der Waals surface area contributed by atoms with E-state index in [0.29, 0.717) is 12.1 Å². The molecule has 4 fully saturated rings. The number of amides is 1. The molecule has 2 N–H and O–H groups in total. The van der Waals surface area contributed by atoms with Gasteiger partial charge in [-0.05, 0) is 80.5 Å². The Labute approximate surface area is 137 Å². The number of carbonyl (C=O) groups is 1. The van der Waals surface area contributed by atoms with E-state index in [1.807, 2.05) is 0 Å². The number of hydrogen-bond acceptors (Lipinski definition) is 3. The average Bonchev–Trinajstić information content (AvgIpc) is 2.53. The average molecular weight is 309 g/mol. The van der Waals surface area contributed by atoms with Gasteiger partial charge in [0.05, 0.1) is 18.2 Å². The maximum Gasteiger partial charge on any atom is 0.238 e. The van der Waals surface area contributed by atoms with Crippen LogP contribution in [0.4, 0.5) is 5.69 Å². The van der Waals surface area contributed by atoms with Crippen LogP contribution in [-0.4, -0.2) is 18.0 Å². The van der Waals surface area contributed by atoms with E-state index in [1.54, 1.807) is 24.3 Å². The van der Waals surface area contributed by atoms with Gasteiger partial charge in [-0.25, -0.2) is 0 Å². The molecule has 0 saturated heterocycles. The van der Waals surface area contributed by atoms with Crippen molar-refractivity contribution in [1.29, 1.82) is 5.26 Å². The van der Waals surface area contributed by atoms with Gasteiger partial charge in [0.25, 0.3) is 0 Å². The van der Waals surface area contributed by atoms with Crippen molar-refractivity contribution in [3.05, 3.63) is 29.8 Å². The number of nitrogens with one attached hydrogen (secondary N) is 2. The summed E-state index contributed by atoms with van der Waals surface area (Å²) in [5.41, 5.74) is 1.58. The normalized spacial score (nSPS) is 34.1. The molecule has 5 rings (SSSR count). The van der Waals surface area contributed by atoms with Crippen molar-refractivity contribution < 1.29 is 4.79 Å². The number of carbonyl (C=O) groups excluding carboxylic acids is 1. The highest BCUT2D eigenvalue weighted by atomic mass is 16.1. The Bertz CT molecular complexity index is 608. The highest BCUT2D eigenvalue weighted by molar-refractivity contribution is 5.92. The summed E-state index contributed by atoms with van der Waals surface area (Å²) in [6, 6.07) is 9.09. The van der Waals surface area contributed by atoms with Crippen molar-refractivity contribution in [2.45, 2.75) is 44.1 Å². The Morgan fingerprint density at radius 1 is 1.09 bits per heavy atom. The minimum atomic E-state index is 0.00505. The molecule has 0 aliphatic heterocycles. The summed E-state index contributed by atoms with van der Waals surface area (Å²) in [6.45, 7) is 0.381. The maximum absolute atomic E-state index is 12.2. The van der Waals surface area contributed by atoms with Crippen LogP contribution in [0.3, 0.4) is 0 Å². The molecule has 4 aliphatic rings. The summed E-state index contributed by atoms with van der Waals surface area (Å²) in [5, 5.41) is 15.3. The van der Waals surface area contributed by atoms with Crippen LogP contribution in [0.15, 0.2) is 24.3 Å². The Balaban J connectivity index is 1.34. The van der Waals surface area contributed by atoms with E-state index in [-0.39, 0.29) is 11.4 Å². The van der Waals surface area contributed by atoms with Gasteiger partial charge in [-0.15, -0.1) is 0 Å². The van der Waals surface area contributed by atoms with Gasteiger partial charge in [0.2, 0.25) is 5.91 Å². The van der Waals surface area contributed by atoms with E-state index in [1.165, 1.54) is 38.5 Å². The molecule has 23 heavy (non-hydrogen) atoms. The maximum atomic E-state index is 12.2. The van der Waals surface area contributed by atoms with Crippen molar-refractivity contribution >= 4 is 11.6 Å². The monoisotopic (exact) mass is 309 g/mol. The molecule has 0 spiro atoms. The fourth-order valence-electron chi connectivity index (χ4n) is 5.43. The van der Waals surface area contributed by atoms with Gasteiger partial charge in [-0.2, -0.15) is 5.26 Å². The molecule has 0 aromatic heterocycles. The molecular formula is C19H23N3O. The van der Waals surface area contributed by atoms with Crippen LogP contribution in [-0.2, 0) is 4.79 Å². The Morgan fingerprint density at radius 2 is 1.65 bits per heavy atom. The summed E-state index contributed by atoms with van der Waals surface area (Å²) in [7, 11) is 0. The molecule has 4 aliphatic carbocycles. The fourth-order valence-corrected chi connectivity index (χ4v) is 5.43. The second-order valence-electron chi connectivity index (χ2n) is 7.79. The number of anilines is 1. The predicted octanol–water partition coefficient (Wildman–Crippen LogP) is 3.06. The van der Waals surface area contributed by atoms with Gasteiger partial charge < -0.3 is 10.6 Å². The van der Waals surface area contributed by atoms with Gasteiger partial charge in [0.1, 0.15) is 0 Å². The number of nitrogens with zero attached hydrogens (tertiary/aromatic N) is 1. The Kier molecular flexibility index (Phi) is 3.61. The first-order valence-corrected chi connectivity index (χ1v) is 8.69. The molecule has 1 aromatic carbocycles. The van der Waals surface area contributed by atoms with Crippen LogP contribution in [0, 0.1) is 29.1 Å². The van der Waals surface area contributed by atoms with Gasteiger partial charge in [-0.3, -0.25) is 4.79 Å². The molecule has 0 radical (unpaired) electrons. The third-order valence-corrected chi connectivity index (χ3v) is 5.96. The Morgan fingerprint density at radius 3 is 2.17 bits per heavy atom. The zero-order valence-corrected chi connectivity index (χ0v) is 13.3. The lowest BCUT2D eigenvalue weighted by molar-refractivity contribution is -0.116. The lowest BCUT2D eigenvalue weighted by Crippen LogP contribution is -2.59. The van der Waals surface area contributed by atoms with E-state index in [0.717, 1.165) is 23.4 Å². The standard InChI is InChI=1S/C19H23N3O/c20-11-13-1-3-17(4-2-13)22-18(23)12-21-19-8-14-5-15(9-19)7-16(6-14)10-19/h1-4,14-16,21H,5-10,12H2,(H,22,23). The molecular weight excluding hydrogens is 286 g/mol. The van der Waals surface area contributed by atoms with Gasteiger partial charge in [0.15, 0.2) is 0 Å². The Hall–Kier alpha value is -1.86. The third kappa shape index (κ3) is 2.98. The molecule has 0 atom stereocenters. The number of nitriles is 1. The van der Waals surface area contributed by atoms with E-state index >= 15 is 0 Å². The molecule has 4 heteroatoms. The van der Waals surface area contributed by atoms with Crippen molar-refractivity contribution in [2.24, 2.45) is 17.8 Å². The van der Waals surface area contributed by atoms with E-state index < -0.39 is 0 Å². The molecule has 1 aromatic rings. The first-order chi connectivity index (χ1) is 11.1. The predicted molar refractivity (Wildman–Crippen MR) is 88.7 cm³/mol. The topological polar surface area (TPSA) is 64.9 Å². The lowest BCUT2D eigenvalue weighted by Gasteiger charge is -2.57. The second kappa shape index (κ2) is 5.65. The molecule has 120 valence electrons. The van der Waals surface area contributed by atoms with Crippen LogP contribution < -0.4 is 10.6 Å². The first kappa shape index (κ1) is 14.7. The molecule has 0 heterocycles. The minimum absolute atomic E-state index is 0.00505. The molecule has 4 nitrogen and oxygen atoms in total. The zero-order valence-electron chi connectivity index (χ0n) is 13.3. The summed E-state index contributed by atoms with van der Waals surface area (Å²) >= 11 is 0. The van der Waals surface area contributed by atoms with Crippen LogP contribution >= 0.6 is 0 Å². The van der Waals surface area contributed by atoms with Crippen LogP contribution in [0.25, 0.3) is 0 Å². The molecule has 1 amide bonds. The van der Waals surface area contributed by atoms with Gasteiger partial charge in [0, 0.05) is 11.2 Å². The first-order valence-electron chi connectivity index (χ1n) is 8.69.